The summed E-state index contributed by atoms with van der Waals surface area (Å²) in [6, 6.07) is 15.8. The van der Waals surface area contributed by atoms with Crippen molar-refractivity contribution in [3.05, 3.63) is 77.9 Å². The van der Waals surface area contributed by atoms with E-state index in [-0.39, 0.29) is 24.8 Å². The van der Waals surface area contributed by atoms with Gasteiger partial charge in [0.1, 0.15) is 0 Å². The van der Waals surface area contributed by atoms with Gasteiger partial charge in [-0.2, -0.15) is 0 Å². The second-order valence-corrected chi connectivity index (χ2v) is 10.4. The fraction of sp³-hybridized carbons (Fsp3) is 0.158. The second kappa shape index (κ2) is 6.87. The van der Waals surface area contributed by atoms with E-state index in [1.807, 2.05) is 0 Å². The molecule has 0 nitrogen and oxygen atoms in total. The van der Waals surface area contributed by atoms with Crippen LogP contribution in [0.2, 0.25) is 3.12 Å². The summed E-state index contributed by atoms with van der Waals surface area (Å²) < 4.78 is 2.02. The molecule has 2 aliphatic rings. The van der Waals surface area contributed by atoms with E-state index in [0.29, 0.717) is 3.12 Å². The van der Waals surface area contributed by atoms with Crippen LogP contribution in [0.15, 0.2) is 66.8 Å². The van der Waals surface area contributed by atoms with Crippen LogP contribution in [0, 0.1) is 0 Å². The van der Waals surface area contributed by atoms with Crippen LogP contribution in [0.25, 0.3) is 11.1 Å². The Hall–Kier alpha value is -0.617. The number of fused-ring (bicyclic) bond motifs is 3. The molecule has 22 heavy (non-hydrogen) atoms. The van der Waals surface area contributed by atoms with Crippen molar-refractivity contribution in [1.82, 2.24) is 0 Å². The number of allylic oxidation sites excluding steroid dienone is 4. The summed E-state index contributed by atoms with van der Waals surface area (Å²) >= 11 is -0.663. The third-order valence-electron chi connectivity index (χ3n) is 4.25. The van der Waals surface area contributed by atoms with Gasteiger partial charge in [0.05, 0.1) is 0 Å². The van der Waals surface area contributed by atoms with E-state index in [9.17, 15) is 0 Å². The van der Waals surface area contributed by atoms with E-state index in [4.69, 9.17) is 0 Å². The Morgan fingerprint density at radius 3 is 2.32 bits per heavy atom. The third-order valence-corrected chi connectivity index (χ3v) is 8.21. The fourth-order valence-corrected chi connectivity index (χ4v) is 6.88. The molecular weight excluding hydrogens is 390 g/mol. The maximum atomic E-state index is 2.39. The Kier molecular flexibility index (Phi) is 5.54. The quantitative estimate of drug-likeness (QED) is 0.475. The van der Waals surface area contributed by atoms with Gasteiger partial charge in [-0.1, -0.05) is 0 Å². The molecule has 0 bridgehead atoms. The van der Waals surface area contributed by atoms with Gasteiger partial charge < -0.3 is 24.8 Å². The van der Waals surface area contributed by atoms with Crippen LogP contribution in [0.3, 0.4) is 0 Å². The van der Waals surface area contributed by atoms with Crippen molar-refractivity contribution in [3.8, 4) is 11.1 Å². The van der Waals surface area contributed by atoms with Gasteiger partial charge in [-0.25, -0.2) is 0 Å². The SMILES string of the molecule is C[C]1([Zr+2][c]2cccc3c2Cc2ccccc2-3)C=CC=C1.[Cl-].[Cl-]. The average molecular weight is 406 g/mol. The zero-order valence-electron chi connectivity index (χ0n) is 12.3. The van der Waals surface area contributed by atoms with Gasteiger partial charge in [-0.05, 0) is 0 Å². The van der Waals surface area contributed by atoms with E-state index in [0.717, 1.165) is 6.42 Å². The van der Waals surface area contributed by atoms with Crippen molar-refractivity contribution >= 4 is 3.27 Å². The molecule has 3 heteroatoms. The van der Waals surface area contributed by atoms with Gasteiger partial charge in [0, 0.05) is 0 Å². The smallest absolute Gasteiger partial charge is 1.00 e. The predicted octanol–water partition coefficient (Wildman–Crippen LogP) is -1.72. The molecule has 0 aliphatic heterocycles. The Bertz CT molecular complexity index is 735. The average Bonchev–Trinajstić information content (AvgIpc) is 3.04. The molecular formula is C19H16Cl2Zr. The van der Waals surface area contributed by atoms with Gasteiger partial charge in [-0.15, -0.1) is 0 Å². The first-order chi connectivity index (χ1) is 9.75. The maximum absolute atomic E-state index is 2.39. The summed E-state index contributed by atoms with van der Waals surface area (Å²) in [7, 11) is 0. The van der Waals surface area contributed by atoms with Crippen molar-refractivity contribution < 1.29 is 48.0 Å². The molecule has 0 heterocycles. The molecule has 2 aromatic rings. The van der Waals surface area contributed by atoms with Crippen LogP contribution in [-0.2, 0) is 29.7 Å². The van der Waals surface area contributed by atoms with Crippen molar-refractivity contribution in [3.63, 3.8) is 0 Å². The first-order valence-electron chi connectivity index (χ1n) is 7.11. The minimum atomic E-state index is -0.663. The largest absolute Gasteiger partial charge is 1.00 e. The summed E-state index contributed by atoms with van der Waals surface area (Å²) in [4.78, 5) is 0. The third kappa shape index (κ3) is 3.04. The molecule has 110 valence electrons. The van der Waals surface area contributed by atoms with Gasteiger partial charge in [0.25, 0.3) is 0 Å². The first kappa shape index (κ1) is 17.7. The Labute approximate surface area is 156 Å². The molecule has 2 aliphatic carbocycles. The Balaban J connectivity index is 0.000000882. The molecule has 0 spiro atoms. The Morgan fingerprint density at radius 1 is 0.864 bits per heavy atom. The summed E-state index contributed by atoms with van der Waals surface area (Å²) in [5.74, 6) is 0. The summed E-state index contributed by atoms with van der Waals surface area (Å²) in [6.07, 6.45) is 10.3. The van der Waals surface area contributed by atoms with Gasteiger partial charge >= 0.3 is 132 Å². The molecule has 0 atom stereocenters. The maximum Gasteiger partial charge on any atom is -1.00 e. The monoisotopic (exact) mass is 404 g/mol. The molecule has 0 unspecified atom stereocenters. The van der Waals surface area contributed by atoms with E-state index < -0.39 is 23.2 Å². The summed E-state index contributed by atoms with van der Waals surface area (Å²) in [6.45, 7) is 2.39. The van der Waals surface area contributed by atoms with Gasteiger partial charge in [0.2, 0.25) is 0 Å². The minimum absolute atomic E-state index is 0. The summed E-state index contributed by atoms with van der Waals surface area (Å²) in [5.41, 5.74) is 6.03. The molecule has 0 saturated heterocycles. The van der Waals surface area contributed by atoms with E-state index in [1.54, 1.807) is 8.83 Å². The molecule has 0 radical (unpaired) electrons. The fourth-order valence-electron chi connectivity index (χ4n) is 3.21. The molecule has 2 aromatic carbocycles. The zero-order valence-corrected chi connectivity index (χ0v) is 16.3. The Morgan fingerprint density at radius 2 is 1.55 bits per heavy atom. The van der Waals surface area contributed by atoms with Crippen LogP contribution in [0.1, 0.15) is 18.1 Å². The van der Waals surface area contributed by atoms with Crippen molar-refractivity contribution in [2.24, 2.45) is 0 Å². The van der Waals surface area contributed by atoms with Crippen LogP contribution < -0.4 is 28.1 Å². The van der Waals surface area contributed by atoms with Gasteiger partial charge in [-0.3, -0.25) is 0 Å². The van der Waals surface area contributed by atoms with Crippen molar-refractivity contribution in [2.75, 3.05) is 0 Å². The normalized spacial score (nSPS) is 15.3. The van der Waals surface area contributed by atoms with Crippen molar-refractivity contribution in [1.29, 1.82) is 0 Å². The molecule has 0 amide bonds. The van der Waals surface area contributed by atoms with Crippen LogP contribution in [-0.4, -0.2) is 0 Å². The first-order valence-corrected chi connectivity index (χ1v) is 9.56. The van der Waals surface area contributed by atoms with Crippen molar-refractivity contribution in [2.45, 2.75) is 16.5 Å². The number of hydrogen-bond donors (Lipinski definition) is 0. The predicted molar refractivity (Wildman–Crippen MR) is 81.0 cm³/mol. The van der Waals surface area contributed by atoms with Crippen LogP contribution in [0.5, 0.6) is 0 Å². The van der Waals surface area contributed by atoms with E-state index >= 15 is 0 Å². The molecule has 0 N–H and O–H groups in total. The zero-order chi connectivity index (χ0) is 13.6. The molecule has 0 fully saturated rings. The van der Waals surface area contributed by atoms with E-state index in [1.165, 1.54) is 16.7 Å². The van der Waals surface area contributed by atoms with E-state index in [2.05, 4.69) is 73.7 Å². The molecule has 0 aromatic heterocycles. The number of halogens is 2. The minimum Gasteiger partial charge on any atom is -1.00 e. The molecule has 0 saturated carbocycles. The topological polar surface area (TPSA) is 0 Å². The number of benzene rings is 2. The van der Waals surface area contributed by atoms with Crippen LogP contribution in [0.4, 0.5) is 0 Å². The summed E-state index contributed by atoms with van der Waals surface area (Å²) in [5, 5.41) is 0. The number of rotatable bonds is 2. The van der Waals surface area contributed by atoms with Crippen LogP contribution >= 0.6 is 0 Å². The molecule has 4 rings (SSSR count). The number of hydrogen-bond acceptors (Lipinski definition) is 0. The van der Waals surface area contributed by atoms with Gasteiger partial charge in [0.15, 0.2) is 0 Å². The standard InChI is InChI=1S/C13H9.C6H7.2ClH.Zr/c1-3-7-12-10(5-1)9-11-6-2-4-8-13(11)12;1-6-4-2-3-5-6;;;/h1-5,7-8H,9H2;2-5H,1H3;2*1H;/q;;;;+2/p-2. The second-order valence-electron chi connectivity index (χ2n) is 5.79.